The fraction of sp³-hybridized carbons (Fsp3) is 0.360. The number of fused-ring (bicyclic) bond motifs is 1. The Labute approximate surface area is 177 Å². The number of carbonyl (C=O) groups excluding carboxylic acids is 1. The monoisotopic (exact) mass is 400 g/mol. The summed E-state index contributed by atoms with van der Waals surface area (Å²) in [6.07, 6.45) is 0. The molecule has 2 saturated heterocycles. The van der Waals surface area contributed by atoms with Crippen molar-refractivity contribution in [2.45, 2.75) is 13.0 Å². The molecule has 0 bridgehead atoms. The highest BCUT2D eigenvalue weighted by Gasteiger charge is 2.49. The molecule has 1 aromatic heterocycles. The van der Waals surface area contributed by atoms with Crippen LogP contribution < -0.4 is 0 Å². The van der Waals surface area contributed by atoms with Crippen LogP contribution in [0.3, 0.4) is 0 Å². The second-order valence-electron chi connectivity index (χ2n) is 8.49. The average molecular weight is 401 g/mol. The van der Waals surface area contributed by atoms with Gasteiger partial charge in [-0.1, -0.05) is 67.6 Å². The van der Waals surface area contributed by atoms with Gasteiger partial charge in [0.15, 0.2) is 0 Å². The first-order chi connectivity index (χ1) is 14.7. The molecule has 0 N–H and O–H groups in total. The summed E-state index contributed by atoms with van der Waals surface area (Å²) in [5.74, 6) is 1.09. The molecular weight excluding hydrogens is 372 g/mol. The van der Waals surface area contributed by atoms with Crippen LogP contribution in [0, 0.1) is 11.8 Å². The van der Waals surface area contributed by atoms with E-state index in [2.05, 4.69) is 46.1 Å². The Kier molecular flexibility index (Phi) is 4.91. The molecular formula is C25H28N4O. The number of likely N-dealkylation sites (tertiary alicyclic amines) is 2. The first kappa shape index (κ1) is 19.1. The molecule has 154 valence electrons. The summed E-state index contributed by atoms with van der Waals surface area (Å²) < 4.78 is 1.74. The highest BCUT2D eigenvalue weighted by atomic mass is 16.2. The zero-order valence-electron chi connectivity index (χ0n) is 17.6. The van der Waals surface area contributed by atoms with Crippen LogP contribution in [0.25, 0.3) is 11.3 Å². The van der Waals surface area contributed by atoms with E-state index >= 15 is 0 Å². The molecule has 0 spiro atoms. The minimum absolute atomic E-state index is 0.0819. The van der Waals surface area contributed by atoms with Crippen LogP contribution >= 0.6 is 0 Å². The number of nitrogens with zero attached hydrogens (tertiary/aromatic N) is 4. The first-order valence-corrected chi connectivity index (χ1v) is 10.8. The van der Waals surface area contributed by atoms with E-state index in [0.29, 0.717) is 17.5 Å². The van der Waals surface area contributed by atoms with Gasteiger partial charge in [-0.25, -0.2) is 0 Å². The SMILES string of the molecule is CCN1C[C@H]2CN(C(=O)c3cc(-c4ccccc4)nn3C)[C@@H](c3ccccc3)[C@H]2C1. The Morgan fingerprint density at radius 3 is 2.40 bits per heavy atom. The first-order valence-electron chi connectivity index (χ1n) is 10.8. The smallest absolute Gasteiger partial charge is 0.272 e. The summed E-state index contributed by atoms with van der Waals surface area (Å²) in [6.45, 7) is 6.25. The van der Waals surface area contributed by atoms with Gasteiger partial charge in [0.25, 0.3) is 5.91 Å². The van der Waals surface area contributed by atoms with E-state index in [0.717, 1.165) is 37.4 Å². The lowest BCUT2D eigenvalue weighted by Gasteiger charge is -2.29. The predicted molar refractivity (Wildman–Crippen MR) is 118 cm³/mol. The standard InChI is InChI=1S/C25H28N4O/c1-3-28-15-20-16-29(24(21(20)17-28)19-12-8-5-9-13-19)25(30)23-14-22(26-27(23)2)18-10-6-4-7-11-18/h4-14,20-21,24H,3,15-17H2,1-2H3/t20-,21-,24-/m0/s1. The van der Waals surface area contributed by atoms with Gasteiger partial charge in [-0.3, -0.25) is 9.48 Å². The summed E-state index contributed by atoms with van der Waals surface area (Å²) >= 11 is 0. The van der Waals surface area contributed by atoms with Crippen molar-refractivity contribution < 1.29 is 4.79 Å². The molecule has 5 heteroatoms. The zero-order valence-corrected chi connectivity index (χ0v) is 17.6. The summed E-state index contributed by atoms with van der Waals surface area (Å²) in [4.78, 5) is 18.3. The second-order valence-corrected chi connectivity index (χ2v) is 8.49. The third-order valence-electron chi connectivity index (χ3n) is 6.76. The van der Waals surface area contributed by atoms with Gasteiger partial charge in [0, 0.05) is 38.2 Å². The summed E-state index contributed by atoms with van der Waals surface area (Å²) in [5.41, 5.74) is 3.77. The molecule has 3 heterocycles. The minimum Gasteiger partial charge on any atom is -0.330 e. The van der Waals surface area contributed by atoms with Crippen molar-refractivity contribution in [2.75, 3.05) is 26.2 Å². The Bertz CT molecular complexity index is 1030. The lowest BCUT2D eigenvalue weighted by Crippen LogP contribution is -2.36. The van der Waals surface area contributed by atoms with Gasteiger partial charge in [0.1, 0.15) is 5.69 Å². The van der Waals surface area contributed by atoms with E-state index in [1.807, 2.05) is 49.5 Å². The van der Waals surface area contributed by atoms with E-state index < -0.39 is 0 Å². The van der Waals surface area contributed by atoms with Crippen LogP contribution in [0.2, 0.25) is 0 Å². The van der Waals surface area contributed by atoms with E-state index in [9.17, 15) is 4.79 Å². The molecule has 0 unspecified atom stereocenters. The van der Waals surface area contributed by atoms with Gasteiger partial charge in [-0.05, 0) is 24.1 Å². The quantitative estimate of drug-likeness (QED) is 0.668. The summed E-state index contributed by atoms with van der Waals surface area (Å²) in [5, 5.41) is 4.63. The van der Waals surface area contributed by atoms with Crippen molar-refractivity contribution >= 4 is 5.91 Å². The molecule has 2 aliphatic heterocycles. The third kappa shape index (κ3) is 3.23. The predicted octanol–water partition coefficient (Wildman–Crippen LogP) is 3.85. The molecule has 0 saturated carbocycles. The van der Waals surface area contributed by atoms with Crippen LogP contribution in [-0.4, -0.2) is 51.7 Å². The van der Waals surface area contributed by atoms with Crippen LogP contribution in [-0.2, 0) is 7.05 Å². The zero-order chi connectivity index (χ0) is 20.7. The highest BCUT2D eigenvalue weighted by molar-refractivity contribution is 5.94. The second kappa shape index (κ2) is 7.73. The van der Waals surface area contributed by atoms with Crippen LogP contribution in [0.15, 0.2) is 66.7 Å². The Hall–Kier alpha value is -2.92. The molecule has 30 heavy (non-hydrogen) atoms. The fourth-order valence-corrected chi connectivity index (χ4v) is 5.25. The Morgan fingerprint density at radius 2 is 1.70 bits per heavy atom. The number of rotatable bonds is 4. The number of hydrogen-bond donors (Lipinski definition) is 0. The molecule has 3 atom stereocenters. The molecule has 5 rings (SSSR count). The third-order valence-corrected chi connectivity index (χ3v) is 6.76. The van der Waals surface area contributed by atoms with Crippen molar-refractivity contribution in [3.05, 3.63) is 78.0 Å². The van der Waals surface area contributed by atoms with Gasteiger partial charge in [-0.2, -0.15) is 5.10 Å². The summed E-state index contributed by atoms with van der Waals surface area (Å²) in [6, 6.07) is 22.6. The molecule has 3 aromatic rings. The van der Waals surface area contributed by atoms with Crippen molar-refractivity contribution in [2.24, 2.45) is 18.9 Å². The molecule has 5 nitrogen and oxygen atoms in total. The minimum atomic E-state index is 0.0819. The van der Waals surface area contributed by atoms with Gasteiger partial charge < -0.3 is 9.80 Å². The largest absolute Gasteiger partial charge is 0.330 e. The molecule has 1 amide bonds. The van der Waals surface area contributed by atoms with Gasteiger partial charge in [0.2, 0.25) is 0 Å². The lowest BCUT2D eigenvalue weighted by atomic mass is 9.89. The average Bonchev–Trinajstić information content (AvgIpc) is 3.46. The van der Waals surface area contributed by atoms with Crippen LogP contribution in [0.5, 0.6) is 0 Å². The molecule has 2 fully saturated rings. The lowest BCUT2D eigenvalue weighted by molar-refractivity contribution is 0.0690. The van der Waals surface area contributed by atoms with E-state index in [-0.39, 0.29) is 11.9 Å². The number of aryl methyl sites for hydroxylation is 1. The topological polar surface area (TPSA) is 41.4 Å². The maximum atomic E-state index is 13.7. The van der Waals surface area contributed by atoms with Gasteiger partial charge in [-0.15, -0.1) is 0 Å². The number of benzene rings is 2. The van der Waals surface area contributed by atoms with Crippen LogP contribution in [0.1, 0.15) is 29.0 Å². The van der Waals surface area contributed by atoms with E-state index in [1.165, 1.54) is 5.56 Å². The van der Waals surface area contributed by atoms with Crippen molar-refractivity contribution in [1.82, 2.24) is 19.6 Å². The summed E-state index contributed by atoms with van der Waals surface area (Å²) in [7, 11) is 1.87. The highest BCUT2D eigenvalue weighted by Crippen LogP contribution is 2.45. The number of carbonyl (C=O) groups is 1. The fourth-order valence-electron chi connectivity index (χ4n) is 5.25. The van der Waals surface area contributed by atoms with Crippen molar-refractivity contribution in [3.63, 3.8) is 0 Å². The molecule has 0 radical (unpaired) electrons. The van der Waals surface area contributed by atoms with Gasteiger partial charge >= 0.3 is 0 Å². The number of aromatic nitrogens is 2. The van der Waals surface area contributed by atoms with E-state index in [1.54, 1.807) is 4.68 Å². The van der Waals surface area contributed by atoms with Gasteiger partial charge in [0.05, 0.1) is 11.7 Å². The number of amides is 1. The van der Waals surface area contributed by atoms with Crippen molar-refractivity contribution in [3.8, 4) is 11.3 Å². The number of hydrogen-bond acceptors (Lipinski definition) is 3. The van der Waals surface area contributed by atoms with E-state index in [4.69, 9.17) is 0 Å². The van der Waals surface area contributed by atoms with Crippen molar-refractivity contribution in [1.29, 1.82) is 0 Å². The molecule has 2 aromatic carbocycles. The normalized spacial score (nSPS) is 23.7. The van der Waals surface area contributed by atoms with Crippen LogP contribution in [0.4, 0.5) is 0 Å². The molecule has 2 aliphatic rings. The Morgan fingerprint density at radius 1 is 1.00 bits per heavy atom. The molecule has 0 aliphatic carbocycles. The maximum absolute atomic E-state index is 13.7. The maximum Gasteiger partial charge on any atom is 0.272 e. The Balaban J connectivity index is 1.48.